The molecule has 3 aromatic rings. The molecule has 146 valence electrons. The molecule has 0 aliphatic carbocycles. The normalized spacial score (nSPS) is 11.2. The zero-order chi connectivity index (χ0) is 20.4. The Morgan fingerprint density at radius 1 is 1.25 bits per heavy atom. The molecule has 4 nitrogen and oxygen atoms in total. The third kappa shape index (κ3) is 4.25. The first-order valence-electron chi connectivity index (χ1n) is 8.92. The smallest absolute Gasteiger partial charge is 0.336 e. The minimum absolute atomic E-state index is 0.0873. The number of rotatable bonds is 5. The van der Waals surface area contributed by atoms with E-state index in [1.165, 1.54) is 24.3 Å². The van der Waals surface area contributed by atoms with E-state index in [1.807, 2.05) is 19.1 Å². The summed E-state index contributed by atoms with van der Waals surface area (Å²) in [6.45, 7) is 5.99. The molecule has 0 aliphatic heterocycles. The Balaban J connectivity index is 1.86. The van der Waals surface area contributed by atoms with Crippen LogP contribution in [-0.4, -0.2) is 5.97 Å². The Hall–Kier alpha value is -2.66. The first kappa shape index (κ1) is 20.1. The fraction of sp³-hybridized carbons (Fsp3) is 0.273. The van der Waals surface area contributed by atoms with Gasteiger partial charge in [0.25, 0.3) is 0 Å². The fourth-order valence-corrected chi connectivity index (χ4v) is 3.42. The van der Waals surface area contributed by atoms with Crippen molar-refractivity contribution in [3.63, 3.8) is 0 Å². The predicted molar refractivity (Wildman–Crippen MR) is 106 cm³/mol. The summed E-state index contributed by atoms with van der Waals surface area (Å²) in [6.07, 6.45) is -0.290. The van der Waals surface area contributed by atoms with E-state index >= 15 is 0 Å². The van der Waals surface area contributed by atoms with E-state index < -0.39 is 17.4 Å². The molecule has 0 saturated carbocycles. The van der Waals surface area contributed by atoms with Crippen molar-refractivity contribution in [1.82, 2.24) is 0 Å². The first-order valence-corrected chi connectivity index (χ1v) is 9.30. The van der Waals surface area contributed by atoms with Gasteiger partial charge >= 0.3 is 11.6 Å². The maximum absolute atomic E-state index is 13.8. The highest BCUT2D eigenvalue weighted by Crippen LogP contribution is 2.27. The Bertz CT molecular complexity index is 1080. The zero-order valence-corrected chi connectivity index (χ0v) is 16.6. The van der Waals surface area contributed by atoms with Crippen molar-refractivity contribution in [2.45, 2.75) is 39.7 Å². The third-order valence-electron chi connectivity index (χ3n) is 4.61. The number of esters is 1. The van der Waals surface area contributed by atoms with Crippen molar-refractivity contribution in [2.75, 3.05) is 0 Å². The molecule has 0 fully saturated rings. The summed E-state index contributed by atoms with van der Waals surface area (Å²) in [5.41, 5.74) is 2.69. The van der Waals surface area contributed by atoms with E-state index in [2.05, 4.69) is 13.8 Å². The van der Waals surface area contributed by atoms with Gasteiger partial charge in [-0.05, 0) is 48.2 Å². The molecule has 2 aromatic carbocycles. The van der Waals surface area contributed by atoms with Crippen LogP contribution < -0.4 is 5.63 Å². The maximum atomic E-state index is 13.8. The number of benzene rings is 2. The van der Waals surface area contributed by atoms with Crippen molar-refractivity contribution < 1.29 is 18.3 Å². The SMILES string of the molecule is Cc1cc2oc(=O)cc(COC(=O)Cc3c(F)cccc3Cl)c2cc1C(C)C. The molecule has 28 heavy (non-hydrogen) atoms. The van der Waals surface area contributed by atoms with Gasteiger partial charge in [-0.2, -0.15) is 0 Å². The lowest BCUT2D eigenvalue weighted by molar-refractivity contribution is -0.144. The maximum Gasteiger partial charge on any atom is 0.336 e. The van der Waals surface area contributed by atoms with E-state index in [0.717, 1.165) is 11.1 Å². The lowest BCUT2D eigenvalue weighted by Crippen LogP contribution is -2.11. The highest BCUT2D eigenvalue weighted by atomic mass is 35.5. The van der Waals surface area contributed by atoms with Crippen LogP contribution in [0.2, 0.25) is 5.02 Å². The number of carbonyl (C=O) groups is 1. The molecule has 0 atom stereocenters. The fourth-order valence-electron chi connectivity index (χ4n) is 3.19. The van der Waals surface area contributed by atoms with Gasteiger partial charge in [0, 0.05) is 27.6 Å². The molecule has 0 amide bonds. The molecule has 6 heteroatoms. The topological polar surface area (TPSA) is 56.5 Å². The Kier molecular flexibility index (Phi) is 5.84. The van der Waals surface area contributed by atoms with Crippen molar-refractivity contribution in [3.05, 3.63) is 79.9 Å². The second kappa shape index (κ2) is 8.15. The number of carbonyl (C=O) groups excluding carboxylic acids is 1. The molecule has 1 heterocycles. The quantitative estimate of drug-likeness (QED) is 0.429. The summed E-state index contributed by atoms with van der Waals surface area (Å²) in [7, 11) is 0. The van der Waals surface area contributed by atoms with E-state index in [0.29, 0.717) is 16.5 Å². The van der Waals surface area contributed by atoms with E-state index in [-0.39, 0.29) is 29.5 Å². The van der Waals surface area contributed by atoms with Gasteiger partial charge in [0.1, 0.15) is 18.0 Å². The minimum Gasteiger partial charge on any atom is -0.461 e. The molecule has 1 aromatic heterocycles. The molecule has 0 N–H and O–H groups in total. The van der Waals surface area contributed by atoms with E-state index in [1.54, 1.807) is 0 Å². The lowest BCUT2D eigenvalue weighted by atomic mass is 9.95. The minimum atomic E-state index is -0.635. The number of hydrogen-bond donors (Lipinski definition) is 0. The molecular formula is C22H20ClFO4. The summed E-state index contributed by atoms with van der Waals surface area (Å²) >= 11 is 5.95. The van der Waals surface area contributed by atoms with Crippen LogP contribution in [0.15, 0.2) is 45.6 Å². The van der Waals surface area contributed by atoms with Gasteiger partial charge in [0.2, 0.25) is 0 Å². The van der Waals surface area contributed by atoms with Gasteiger partial charge in [-0.1, -0.05) is 31.5 Å². The Morgan fingerprint density at radius 2 is 2.00 bits per heavy atom. The van der Waals surface area contributed by atoms with Gasteiger partial charge < -0.3 is 9.15 Å². The van der Waals surface area contributed by atoms with Crippen molar-refractivity contribution in [3.8, 4) is 0 Å². The number of hydrogen-bond acceptors (Lipinski definition) is 4. The molecule has 0 spiro atoms. The second-order valence-electron chi connectivity index (χ2n) is 6.99. The summed E-state index contributed by atoms with van der Waals surface area (Å²) in [4.78, 5) is 24.1. The van der Waals surface area contributed by atoms with Crippen molar-refractivity contribution in [1.29, 1.82) is 0 Å². The summed E-state index contributed by atoms with van der Waals surface area (Å²) in [5.74, 6) is -0.910. The van der Waals surface area contributed by atoms with Gasteiger partial charge in [0.15, 0.2) is 0 Å². The molecule has 3 rings (SSSR count). The summed E-state index contributed by atoms with van der Waals surface area (Å²) < 4.78 is 24.4. The third-order valence-corrected chi connectivity index (χ3v) is 4.96. The molecule has 0 unspecified atom stereocenters. The number of aryl methyl sites for hydroxylation is 1. The Labute approximate surface area is 166 Å². The Morgan fingerprint density at radius 3 is 2.68 bits per heavy atom. The van der Waals surface area contributed by atoms with Crippen molar-refractivity contribution in [2.24, 2.45) is 0 Å². The standard InChI is InChI=1S/C22H20ClFO4/c1-12(2)15-9-16-14(8-22(26)28-20(16)7-13(15)3)11-27-21(25)10-17-18(23)5-4-6-19(17)24/h4-9,12H,10-11H2,1-3H3. The van der Waals surface area contributed by atoms with Gasteiger partial charge in [-0.15, -0.1) is 0 Å². The van der Waals surface area contributed by atoms with E-state index in [9.17, 15) is 14.0 Å². The van der Waals surface area contributed by atoms with Crippen LogP contribution in [0.4, 0.5) is 4.39 Å². The average Bonchev–Trinajstić information content (AvgIpc) is 2.62. The number of ether oxygens (including phenoxy) is 1. The zero-order valence-electron chi connectivity index (χ0n) is 15.8. The van der Waals surface area contributed by atoms with Crippen molar-refractivity contribution >= 4 is 28.5 Å². The average molecular weight is 403 g/mol. The summed E-state index contributed by atoms with van der Waals surface area (Å²) in [5, 5.41) is 0.880. The number of halogens is 2. The summed E-state index contributed by atoms with van der Waals surface area (Å²) in [6, 6.07) is 9.30. The lowest BCUT2D eigenvalue weighted by Gasteiger charge is -2.13. The van der Waals surface area contributed by atoms with Gasteiger partial charge in [-0.3, -0.25) is 4.79 Å². The van der Waals surface area contributed by atoms with E-state index in [4.69, 9.17) is 20.8 Å². The van der Waals surface area contributed by atoms with Crippen LogP contribution in [0, 0.1) is 12.7 Å². The monoisotopic (exact) mass is 402 g/mol. The highest BCUT2D eigenvalue weighted by Gasteiger charge is 2.15. The molecule has 0 saturated heterocycles. The first-order chi connectivity index (χ1) is 13.3. The van der Waals surface area contributed by atoms with Crippen LogP contribution in [0.25, 0.3) is 11.0 Å². The molecule has 0 bridgehead atoms. The van der Waals surface area contributed by atoms with Crippen LogP contribution in [-0.2, 0) is 22.6 Å². The predicted octanol–water partition coefficient (Wildman–Crippen LogP) is 5.30. The van der Waals surface area contributed by atoms with Crippen LogP contribution >= 0.6 is 11.6 Å². The van der Waals surface area contributed by atoms with Gasteiger partial charge in [-0.25, -0.2) is 9.18 Å². The van der Waals surface area contributed by atoms with Gasteiger partial charge in [0.05, 0.1) is 6.42 Å². The largest absolute Gasteiger partial charge is 0.461 e. The van der Waals surface area contributed by atoms with Crippen LogP contribution in [0.5, 0.6) is 0 Å². The number of fused-ring (bicyclic) bond motifs is 1. The van der Waals surface area contributed by atoms with Crippen LogP contribution in [0.1, 0.15) is 42.0 Å². The molecule has 0 aliphatic rings. The second-order valence-corrected chi connectivity index (χ2v) is 7.40. The molecule has 0 radical (unpaired) electrons. The molecular weight excluding hydrogens is 383 g/mol. The highest BCUT2D eigenvalue weighted by molar-refractivity contribution is 6.31. The van der Waals surface area contributed by atoms with Crippen LogP contribution in [0.3, 0.4) is 0 Å².